The standard InChI is InChI=1S/C16H18FNO/c1-11(13-6-5-7-14(19)10-13)18-12(2)15-8-3-4-9-16(15)17/h3-12,18-19H,1-2H3. The van der Waals surface area contributed by atoms with Gasteiger partial charge in [-0.2, -0.15) is 0 Å². The third-order valence-electron chi connectivity index (χ3n) is 3.24. The van der Waals surface area contributed by atoms with Gasteiger partial charge in [-0.1, -0.05) is 30.3 Å². The number of benzene rings is 2. The molecule has 0 aliphatic rings. The number of rotatable bonds is 4. The number of phenolic OH excluding ortho intramolecular Hbond substituents is 1. The summed E-state index contributed by atoms with van der Waals surface area (Å²) in [6, 6.07) is 13.8. The topological polar surface area (TPSA) is 32.3 Å². The van der Waals surface area contributed by atoms with Gasteiger partial charge in [-0.25, -0.2) is 4.39 Å². The molecule has 0 radical (unpaired) electrons. The Morgan fingerprint density at radius 1 is 1.00 bits per heavy atom. The van der Waals surface area contributed by atoms with Crippen LogP contribution in [0.2, 0.25) is 0 Å². The van der Waals surface area contributed by atoms with Crippen molar-refractivity contribution in [1.29, 1.82) is 0 Å². The number of hydrogen-bond acceptors (Lipinski definition) is 2. The zero-order valence-electron chi connectivity index (χ0n) is 11.1. The molecule has 100 valence electrons. The first-order chi connectivity index (χ1) is 9.08. The number of nitrogens with one attached hydrogen (secondary N) is 1. The summed E-state index contributed by atoms with van der Waals surface area (Å²) in [5.74, 6) is 0.0373. The molecule has 3 heteroatoms. The Balaban J connectivity index is 2.11. The molecule has 0 saturated carbocycles. The van der Waals surface area contributed by atoms with Crippen LogP contribution in [0.4, 0.5) is 4.39 Å². The first-order valence-corrected chi connectivity index (χ1v) is 6.37. The normalized spacial score (nSPS) is 14.1. The molecule has 2 unspecified atom stereocenters. The molecule has 0 spiro atoms. The first-order valence-electron chi connectivity index (χ1n) is 6.37. The lowest BCUT2D eigenvalue weighted by Crippen LogP contribution is -2.23. The van der Waals surface area contributed by atoms with Gasteiger partial charge in [0.2, 0.25) is 0 Å². The summed E-state index contributed by atoms with van der Waals surface area (Å²) in [6.07, 6.45) is 0. The molecular formula is C16H18FNO. The minimum Gasteiger partial charge on any atom is -0.508 e. The Morgan fingerprint density at radius 2 is 1.74 bits per heavy atom. The van der Waals surface area contributed by atoms with Crippen LogP contribution in [0, 0.1) is 5.82 Å². The predicted octanol–water partition coefficient (Wildman–Crippen LogP) is 3.94. The maximum absolute atomic E-state index is 13.7. The lowest BCUT2D eigenvalue weighted by Gasteiger charge is -2.21. The van der Waals surface area contributed by atoms with E-state index in [1.165, 1.54) is 6.07 Å². The lowest BCUT2D eigenvalue weighted by atomic mass is 10.0. The molecule has 2 aromatic carbocycles. The fraction of sp³-hybridized carbons (Fsp3) is 0.250. The van der Waals surface area contributed by atoms with Gasteiger partial charge in [-0.05, 0) is 37.6 Å². The quantitative estimate of drug-likeness (QED) is 0.871. The molecule has 2 rings (SSSR count). The van der Waals surface area contributed by atoms with E-state index < -0.39 is 0 Å². The van der Waals surface area contributed by atoms with E-state index >= 15 is 0 Å². The molecule has 2 atom stereocenters. The monoisotopic (exact) mass is 259 g/mol. The van der Waals surface area contributed by atoms with Gasteiger partial charge < -0.3 is 10.4 Å². The summed E-state index contributed by atoms with van der Waals surface area (Å²) >= 11 is 0. The van der Waals surface area contributed by atoms with E-state index in [1.54, 1.807) is 30.3 Å². The fourth-order valence-electron chi connectivity index (χ4n) is 2.18. The highest BCUT2D eigenvalue weighted by molar-refractivity contribution is 5.29. The Bertz CT molecular complexity index is 556. The van der Waals surface area contributed by atoms with Crippen LogP contribution in [-0.4, -0.2) is 5.11 Å². The zero-order valence-corrected chi connectivity index (χ0v) is 11.1. The lowest BCUT2D eigenvalue weighted by molar-refractivity contribution is 0.460. The van der Waals surface area contributed by atoms with Gasteiger partial charge in [0.15, 0.2) is 0 Å². The first kappa shape index (κ1) is 13.6. The van der Waals surface area contributed by atoms with Crippen molar-refractivity contribution in [1.82, 2.24) is 5.32 Å². The molecule has 0 aliphatic heterocycles. The largest absolute Gasteiger partial charge is 0.508 e. The molecule has 2 N–H and O–H groups in total. The van der Waals surface area contributed by atoms with Crippen LogP contribution in [0.1, 0.15) is 37.1 Å². The molecular weight excluding hydrogens is 241 g/mol. The van der Waals surface area contributed by atoms with Gasteiger partial charge in [-0.3, -0.25) is 0 Å². The molecule has 2 aromatic rings. The van der Waals surface area contributed by atoms with Crippen LogP contribution in [-0.2, 0) is 0 Å². The number of aromatic hydroxyl groups is 1. The number of phenols is 1. The van der Waals surface area contributed by atoms with Crippen LogP contribution in [0.3, 0.4) is 0 Å². The van der Waals surface area contributed by atoms with Crippen molar-refractivity contribution >= 4 is 0 Å². The predicted molar refractivity (Wildman–Crippen MR) is 74.5 cm³/mol. The highest BCUT2D eigenvalue weighted by Crippen LogP contribution is 2.23. The van der Waals surface area contributed by atoms with Crippen LogP contribution in [0.15, 0.2) is 48.5 Å². The third kappa shape index (κ3) is 3.32. The summed E-state index contributed by atoms with van der Waals surface area (Å²) in [4.78, 5) is 0. The third-order valence-corrected chi connectivity index (χ3v) is 3.24. The van der Waals surface area contributed by atoms with E-state index in [1.807, 2.05) is 26.0 Å². The van der Waals surface area contributed by atoms with Gasteiger partial charge in [0, 0.05) is 17.6 Å². The van der Waals surface area contributed by atoms with Crippen molar-refractivity contribution in [3.05, 3.63) is 65.5 Å². The van der Waals surface area contributed by atoms with E-state index in [-0.39, 0.29) is 23.7 Å². The zero-order chi connectivity index (χ0) is 13.8. The van der Waals surface area contributed by atoms with Crippen LogP contribution in [0.5, 0.6) is 5.75 Å². The Morgan fingerprint density at radius 3 is 2.42 bits per heavy atom. The second-order valence-electron chi connectivity index (χ2n) is 4.73. The fourth-order valence-corrected chi connectivity index (χ4v) is 2.18. The maximum Gasteiger partial charge on any atom is 0.127 e. The summed E-state index contributed by atoms with van der Waals surface area (Å²) in [7, 11) is 0. The molecule has 0 saturated heterocycles. The minimum absolute atomic E-state index is 0.0294. The summed E-state index contributed by atoms with van der Waals surface area (Å²) in [5, 5.41) is 12.8. The van der Waals surface area contributed by atoms with Gasteiger partial charge >= 0.3 is 0 Å². The van der Waals surface area contributed by atoms with Crippen molar-refractivity contribution < 1.29 is 9.50 Å². The highest BCUT2D eigenvalue weighted by Gasteiger charge is 2.14. The van der Waals surface area contributed by atoms with Crippen molar-refractivity contribution in [3.63, 3.8) is 0 Å². The van der Waals surface area contributed by atoms with Crippen LogP contribution < -0.4 is 5.32 Å². The maximum atomic E-state index is 13.7. The second-order valence-corrected chi connectivity index (χ2v) is 4.73. The average molecular weight is 259 g/mol. The Kier molecular flexibility index (Phi) is 4.17. The SMILES string of the molecule is CC(NC(C)c1ccccc1F)c1cccc(O)c1. The van der Waals surface area contributed by atoms with E-state index in [4.69, 9.17) is 0 Å². The number of hydrogen-bond donors (Lipinski definition) is 2. The molecule has 0 aromatic heterocycles. The Hall–Kier alpha value is -1.87. The molecule has 2 nitrogen and oxygen atoms in total. The van der Waals surface area contributed by atoms with E-state index in [0.717, 1.165) is 5.56 Å². The van der Waals surface area contributed by atoms with Crippen molar-refractivity contribution in [2.24, 2.45) is 0 Å². The minimum atomic E-state index is -0.203. The van der Waals surface area contributed by atoms with Crippen molar-refractivity contribution in [2.45, 2.75) is 25.9 Å². The van der Waals surface area contributed by atoms with Gasteiger partial charge in [0.25, 0.3) is 0 Å². The van der Waals surface area contributed by atoms with E-state index in [0.29, 0.717) is 5.56 Å². The molecule has 0 fully saturated rings. The van der Waals surface area contributed by atoms with E-state index in [2.05, 4.69) is 5.32 Å². The smallest absolute Gasteiger partial charge is 0.127 e. The number of halogens is 1. The summed E-state index contributed by atoms with van der Waals surface area (Å²) in [6.45, 7) is 3.92. The van der Waals surface area contributed by atoms with E-state index in [9.17, 15) is 9.50 Å². The van der Waals surface area contributed by atoms with Crippen LogP contribution >= 0.6 is 0 Å². The highest BCUT2D eigenvalue weighted by atomic mass is 19.1. The van der Waals surface area contributed by atoms with Crippen molar-refractivity contribution in [2.75, 3.05) is 0 Å². The Labute approximate surface area is 112 Å². The average Bonchev–Trinajstić information content (AvgIpc) is 2.39. The van der Waals surface area contributed by atoms with Gasteiger partial charge in [-0.15, -0.1) is 0 Å². The molecule has 0 amide bonds. The van der Waals surface area contributed by atoms with Crippen LogP contribution in [0.25, 0.3) is 0 Å². The molecule has 0 bridgehead atoms. The van der Waals surface area contributed by atoms with Crippen molar-refractivity contribution in [3.8, 4) is 5.75 Å². The summed E-state index contributed by atoms with van der Waals surface area (Å²) in [5.41, 5.74) is 1.62. The van der Waals surface area contributed by atoms with Gasteiger partial charge in [0.1, 0.15) is 11.6 Å². The summed E-state index contributed by atoms with van der Waals surface area (Å²) < 4.78 is 13.7. The second kappa shape index (κ2) is 5.85. The molecule has 0 aliphatic carbocycles. The molecule has 0 heterocycles. The molecule has 19 heavy (non-hydrogen) atoms. The van der Waals surface area contributed by atoms with Gasteiger partial charge in [0.05, 0.1) is 0 Å².